The Bertz CT molecular complexity index is 1120. The van der Waals surface area contributed by atoms with Gasteiger partial charge in [0.05, 0.1) is 17.6 Å². The first-order valence-corrected chi connectivity index (χ1v) is 12.9. The van der Waals surface area contributed by atoms with Gasteiger partial charge in [-0.3, -0.25) is 19.2 Å². The van der Waals surface area contributed by atoms with Crippen LogP contribution in [0.5, 0.6) is 5.75 Å². The SMILES string of the molecule is CSCc1cc(CN)c2c(c1O)C(=O)C1C(=O)[C@]3(O)C(=O)[C@H](C(N)=O)C(O)[C@@H](N(C)C)C3CC1C2. The number of aliphatic hydroxyl groups excluding tert-OH is 1. The van der Waals surface area contributed by atoms with Crippen molar-refractivity contribution in [3.63, 3.8) is 0 Å². The maximum absolute atomic E-state index is 13.8. The van der Waals surface area contributed by atoms with Crippen LogP contribution in [0, 0.1) is 23.7 Å². The van der Waals surface area contributed by atoms with Gasteiger partial charge in [-0.15, -0.1) is 0 Å². The van der Waals surface area contributed by atoms with Gasteiger partial charge in [-0.05, 0) is 56.3 Å². The van der Waals surface area contributed by atoms with E-state index in [-0.39, 0.29) is 30.7 Å². The quantitative estimate of drug-likeness (QED) is 0.310. The zero-order valence-corrected chi connectivity index (χ0v) is 20.7. The highest BCUT2D eigenvalue weighted by Crippen LogP contribution is 2.52. The Morgan fingerprint density at radius 1 is 1.23 bits per heavy atom. The number of phenols is 1. The lowest BCUT2D eigenvalue weighted by Crippen LogP contribution is -2.75. The molecule has 35 heavy (non-hydrogen) atoms. The molecule has 1 aromatic carbocycles. The fourth-order valence-corrected chi connectivity index (χ4v) is 7.01. The second-order valence-corrected chi connectivity index (χ2v) is 10.9. The topological polar surface area (TPSA) is 184 Å². The third kappa shape index (κ3) is 3.55. The van der Waals surface area contributed by atoms with E-state index in [0.717, 1.165) is 0 Å². The number of benzene rings is 1. The number of nitrogens with zero attached hydrogens (tertiary/aromatic N) is 1. The number of aromatic hydroxyl groups is 1. The number of primary amides is 1. The van der Waals surface area contributed by atoms with Crippen LogP contribution in [0.4, 0.5) is 0 Å². The molecule has 10 nitrogen and oxygen atoms in total. The molecule has 0 bridgehead atoms. The molecule has 0 heterocycles. The zero-order chi connectivity index (χ0) is 26.0. The molecule has 4 rings (SSSR count). The number of hydrogen-bond acceptors (Lipinski definition) is 10. The highest BCUT2D eigenvalue weighted by molar-refractivity contribution is 7.97. The predicted molar refractivity (Wildman–Crippen MR) is 127 cm³/mol. The Balaban J connectivity index is 1.88. The Labute approximate surface area is 207 Å². The Morgan fingerprint density at radius 3 is 2.43 bits per heavy atom. The van der Waals surface area contributed by atoms with Crippen molar-refractivity contribution in [2.45, 2.75) is 42.9 Å². The van der Waals surface area contributed by atoms with E-state index < -0.39 is 64.7 Å². The second kappa shape index (κ2) is 8.97. The van der Waals surface area contributed by atoms with E-state index in [4.69, 9.17) is 11.5 Å². The minimum Gasteiger partial charge on any atom is -0.507 e. The maximum atomic E-state index is 13.8. The van der Waals surface area contributed by atoms with Crippen molar-refractivity contribution in [3.05, 3.63) is 28.3 Å². The number of hydrogen-bond donors (Lipinski definition) is 5. The van der Waals surface area contributed by atoms with E-state index in [1.165, 1.54) is 11.8 Å². The lowest BCUT2D eigenvalue weighted by molar-refractivity contribution is -0.190. The molecule has 4 unspecified atom stereocenters. The smallest absolute Gasteiger partial charge is 0.230 e. The summed E-state index contributed by atoms with van der Waals surface area (Å²) in [5.41, 5.74) is 10.5. The summed E-state index contributed by atoms with van der Waals surface area (Å²) in [6, 6.07) is 0.843. The summed E-state index contributed by atoms with van der Waals surface area (Å²) >= 11 is 1.45. The molecule has 2 fully saturated rings. The number of thioether (sulfide) groups is 1. The average Bonchev–Trinajstić information content (AvgIpc) is 2.77. The number of nitrogens with two attached hydrogens (primary N) is 2. The summed E-state index contributed by atoms with van der Waals surface area (Å²) in [7, 11) is 3.22. The number of likely N-dealkylation sites (N-methyl/N-ethyl adjacent to an activating group) is 1. The second-order valence-electron chi connectivity index (χ2n) is 10.0. The highest BCUT2D eigenvalue weighted by atomic mass is 32.2. The van der Waals surface area contributed by atoms with Crippen LogP contribution in [0.25, 0.3) is 0 Å². The number of fused-ring (bicyclic) bond motifs is 3. The molecule has 0 radical (unpaired) electrons. The molecule has 7 N–H and O–H groups in total. The number of phenolic OH excluding ortho intramolecular Hbond substituents is 1. The van der Waals surface area contributed by atoms with Crippen molar-refractivity contribution < 1.29 is 34.5 Å². The van der Waals surface area contributed by atoms with Crippen molar-refractivity contribution in [2.24, 2.45) is 35.1 Å². The lowest BCUT2D eigenvalue weighted by atomic mass is 9.52. The zero-order valence-electron chi connectivity index (χ0n) is 19.9. The van der Waals surface area contributed by atoms with E-state index in [2.05, 4.69) is 0 Å². The predicted octanol–water partition coefficient (Wildman–Crippen LogP) is -1.02. The van der Waals surface area contributed by atoms with Crippen LogP contribution < -0.4 is 11.5 Å². The number of Topliss-reactive ketones (excluding diaryl/α,β-unsaturated/α-hetero) is 3. The number of rotatable bonds is 5. The standard InChI is InChI=1S/C24H31N3O7S/c1-27(2)17-13-6-9-5-12-10(7-25)4-11(8-35-3)18(28)15(12)19(29)14(9)21(31)24(13,34)22(32)16(20(17)30)23(26)33/h4,9,13-14,16-17,20,28,30,34H,5-8,25H2,1-3H3,(H2,26,33)/t9?,13?,14?,16-,17+,20?,24+/m1/s1. The largest absolute Gasteiger partial charge is 0.507 e. The molecular weight excluding hydrogens is 474 g/mol. The van der Waals surface area contributed by atoms with E-state index >= 15 is 0 Å². The summed E-state index contributed by atoms with van der Waals surface area (Å²) in [5.74, 6) is -8.58. The summed E-state index contributed by atoms with van der Waals surface area (Å²) < 4.78 is 0. The molecule has 0 aromatic heterocycles. The summed E-state index contributed by atoms with van der Waals surface area (Å²) in [6.45, 7) is 0.133. The van der Waals surface area contributed by atoms with Crippen LogP contribution in [0.15, 0.2) is 6.07 Å². The van der Waals surface area contributed by atoms with Gasteiger partial charge in [-0.1, -0.05) is 0 Å². The van der Waals surface area contributed by atoms with E-state index in [9.17, 15) is 34.5 Å². The summed E-state index contributed by atoms with van der Waals surface area (Å²) in [5, 5.41) is 33.4. The fraction of sp³-hybridized carbons (Fsp3) is 0.583. The van der Waals surface area contributed by atoms with E-state index in [1.54, 1.807) is 25.1 Å². The van der Waals surface area contributed by atoms with Crippen LogP contribution in [-0.2, 0) is 33.1 Å². The molecule has 0 spiro atoms. The molecule has 2 saturated carbocycles. The molecule has 11 heteroatoms. The van der Waals surface area contributed by atoms with E-state index in [1.807, 2.05) is 6.26 Å². The van der Waals surface area contributed by atoms with Gasteiger partial charge in [0.25, 0.3) is 0 Å². The Morgan fingerprint density at radius 2 is 1.89 bits per heavy atom. The summed E-state index contributed by atoms with van der Waals surface area (Å²) in [4.78, 5) is 54.5. The van der Waals surface area contributed by atoms with Gasteiger partial charge < -0.3 is 31.7 Å². The molecule has 1 amide bonds. The maximum Gasteiger partial charge on any atom is 0.230 e. The van der Waals surface area contributed by atoms with Crippen molar-refractivity contribution in [2.75, 3.05) is 20.4 Å². The van der Waals surface area contributed by atoms with Crippen LogP contribution in [0.2, 0.25) is 0 Å². The minimum atomic E-state index is -2.66. The Hall–Kier alpha value is -2.31. The molecule has 0 aliphatic heterocycles. The molecule has 1 aromatic rings. The van der Waals surface area contributed by atoms with Gasteiger partial charge >= 0.3 is 0 Å². The van der Waals surface area contributed by atoms with Crippen molar-refractivity contribution in [1.29, 1.82) is 0 Å². The third-order valence-electron chi connectivity index (χ3n) is 7.98. The van der Waals surface area contributed by atoms with Crippen molar-refractivity contribution in [1.82, 2.24) is 4.90 Å². The lowest BCUT2D eigenvalue weighted by Gasteiger charge is -2.54. The van der Waals surface area contributed by atoms with Crippen LogP contribution in [0.3, 0.4) is 0 Å². The highest BCUT2D eigenvalue weighted by Gasteiger charge is 2.69. The Kier molecular flexibility index (Phi) is 6.60. The first kappa shape index (κ1) is 25.8. The number of carbonyl (C=O) groups is 4. The molecule has 0 saturated heterocycles. The summed E-state index contributed by atoms with van der Waals surface area (Å²) in [6.07, 6.45) is 0.646. The van der Waals surface area contributed by atoms with Gasteiger partial charge in [0.15, 0.2) is 23.0 Å². The molecule has 190 valence electrons. The van der Waals surface area contributed by atoms with Crippen LogP contribution >= 0.6 is 11.8 Å². The van der Waals surface area contributed by atoms with Gasteiger partial charge in [0.2, 0.25) is 5.91 Å². The molecule has 7 atom stereocenters. The molecule has 3 aliphatic carbocycles. The van der Waals surface area contributed by atoms with Gasteiger partial charge in [0, 0.05) is 29.8 Å². The first-order chi connectivity index (χ1) is 16.4. The fourth-order valence-electron chi connectivity index (χ4n) is 6.48. The first-order valence-electron chi connectivity index (χ1n) is 11.5. The number of ketones is 3. The number of amides is 1. The molecule has 3 aliphatic rings. The van der Waals surface area contributed by atoms with E-state index in [0.29, 0.717) is 22.4 Å². The van der Waals surface area contributed by atoms with Crippen LogP contribution in [0.1, 0.15) is 33.5 Å². The van der Waals surface area contributed by atoms with Gasteiger partial charge in [0.1, 0.15) is 11.7 Å². The van der Waals surface area contributed by atoms with Gasteiger partial charge in [-0.25, -0.2) is 0 Å². The average molecular weight is 506 g/mol. The third-order valence-corrected chi connectivity index (χ3v) is 8.58. The molecular formula is C24H31N3O7S. The number of carbonyl (C=O) groups excluding carboxylic acids is 4. The van der Waals surface area contributed by atoms with Crippen molar-refractivity contribution >= 4 is 35.0 Å². The monoisotopic (exact) mass is 505 g/mol. The number of aliphatic hydroxyl groups is 2. The van der Waals surface area contributed by atoms with Crippen molar-refractivity contribution in [3.8, 4) is 5.75 Å². The van der Waals surface area contributed by atoms with Gasteiger partial charge in [-0.2, -0.15) is 11.8 Å². The normalized spacial score (nSPS) is 34.4. The minimum absolute atomic E-state index is 0.00699. The van der Waals surface area contributed by atoms with Crippen LogP contribution in [-0.4, -0.2) is 81.6 Å².